The van der Waals surface area contributed by atoms with Crippen LogP contribution in [0, 0.1) is 6.92 Å². The van der Waals surface area contributed by atoms with Crippen molar-refractivity contribution < 1.29 is 14.3 Å². The van der Waals surface area contributed by atoms with Crippen LogP contribution in [0.5, 0.6) is 5.75 Å². The first kappa shape index (κ1) is 27.5. The molecule has 0 unspecified atom stereocenters. The molecule has 2 aromatic heterocycles. The molecule has 0 N–H and O–H groups in total. The summed E-state index contributed by atoms with van der Waals surface area (Å²) < 4.78 is 5.64. The Kier molecular flexibility index (Phi) is 9.09. The van der Waals surface area contributed by atoms with E-state index in [9.17, 15) is 9.59 Å². The lowest BCUT2D eigenvalue weighted by Crippen LogP contribution is -2.43. The summed E-state index contributed by atoms with van der Waals surface area (Å²) in [4.78, 5) is 44.7. The highest BCUT2D eigenvalue weighted by atomic mass is 16.5. The van der Waals surface area contributed by atoms with E-state index in [1.807, 2.05) is 21.9 Å². The molecule has 3 aliphatic rings. The van der Waals surface area contributed by atoms with Gasteiger partial charge in [0.05, 0.1) is 43.0 Å². The maximum absolute atomic E-state index is 13.2. The standard InChI is InChI=1S/C30H42N6O3/c1-23-13-24-17-33(21-29(37)35-9-5-3-6-10-35)19-26-15-28(39-2)16-27(32-26)20-34(18-25(14-23)31-24)22-30(38)36-11-7-4-8-12-36/h13-16H,3-12,17-22H2,1-2H3. The minimum Gasteiger partial charge on any atom is -0.497 e. The highest BCUT2D eigenvalue weighted by Crippen LogP contribution is 2.21. The first-order valence-corrected chi connectivity index (χ1v) is 14.5. The van der Waals surface area contributed by atoms with Crippen LogP contribution >= 0.6 is 0 Å². The Balaban J connectivity index is 1.43. The zero-order valence-electron chi connectivity index (χ0n) is 23.5. The minimum atomic E-state index is 0.167. The summed E-state index contributed by atoms with van der Waals surface area (Å²) in [6.07, 6.45) is 6.69. The summed E-state index contributed by atoms with van der Waals surface area (Å²) in [6, 6.07) is 8.10. The van der Waals surface area contributed by atoms with E-state index in [-0.39, 0.29) is 11.8 Å². The predicted octanol–water partition coefficient (Wildman–Crippen LogP) is 3.14. The molecule has 2 saturated heterocycles. The van der Waals surface area contributed by atoms with E-state index in [0.29, 0.717) is 39.3 Å². The number of hydrogen-bond acceptors (Lipinski definition) is 7. The third-order valence-corrected chi connectivity index (χ3v) is 7.89. The lowest BCUT2D eigenvalue weighted by Gasteiger charge is -2.31. The van der Waals surface area contributed by atoms with Gasteiger partial charge in [-0.25, -0.2) is 0 Å². The molecule has 3 aliphatic heterocycles. The topological polar surface area (TPSA) is 82.1 Å². The summed E-state index contributed by atoms with van der Waals surface area (Å²) in [7, 11) is 1.67. The van der Waals surface area contributed by atoms with Crippen LogP contribution in [0.15, 0.2) is 24.3 Å². The Morgan fingerprint density at radius 2 is 1.05 bits per heavy atom. The van der Waals surface area contributed by atoms with Gasteiger partial charge in [0.15, 0.2) is 0 Å². The van der Waals surface area contributed by atoms with E-state index in [2.05, 4.69) is 28.9 Å². The fourth-order valence-corrected chi connectivity index (χ4v) is 6.00. The molecule has 4 bridgehead atoms. The molecule has 2 amide bonds. The zero-order valence-corrected chi connectivity index (χ0v) is 23.5. The van der Waals surface area contributed by atoms with E-state index in [1.54, 1.807) is 7.11 Å². The lowest BCUT2D eigenvalue weighted by atomic mass is 10.1. The quantitative estimate of drug-likeness (QED) is 0.583. The number of nitrogens with zero attached hydrogens (tertiary/aromatic N) is 6. The molecule has 39 heavy (non-hydrogen) atoms. The fourth-order valence-electron chi connectivity index (χ4n) is 6.00. The molecular formula is C30H42N6O3. The second kappa shape index (κ2) is 12.9. The van der Waals surface area contributed by atoms with Crippen molar-refractivity contribution in [3.8, 4) is 5.75 Å². The van der Waals surface area contributed by atoms with Crippen LogP contribution < -0.4 is 4.74 Å². The van der Waals surface area contributed by atoms with E-state index in [0.717, 1.165) is 86.0 Å². The molecule has 0 aromatic carbocycles. The van der Waals surface area contributed by atoms with Crippen molar-refractivity contribution in [1.29, 1.82) is 0 Å². The van der Waals surface area contributed by atoms with E-state index < -0.39 is 0 Å². The molecule has 2 fully saturated rings. The van der Waals surface area contributed by atoms with Gasteiger partial charge in [0.25, 0.3) is 0 Å². The fraction of sp³-hybridized carbons (Fsp3) is 0.600. The van der Waals surface area contributed by atoms with Crippen molar-refractivity contribution in [2.45, 2.75) is 71.6 Å². The van der Waals surface area contributed by atoms with Crippen molar-refractivity contribution in [1.82, 2.24) is 29.6 Å². The zero-order chi connectivity index (χ0) is 27.2. The highest BCUT2D eigenvalue weighted by Gasteiger charge is 2.24. The van der Waals surface area contributed by atoms with Crippen LogP contribution in [-0.2, 0) is 35.8 Å². The Bertz CT molecular complexity index is 1080. The molecule has 210 valence electrons. The smallest absolute Gasteiger partial charge is 0.236 e. The number of amides is 2. The number of aromatic nitrogens is 2. The molecule has 9 nitrogen and oxygen atoms in total. The first-order valence-electron chi connectivity index (χ1n) is 14.5. The van der Waals surface area contributed by atoms with Crippen molar-refractivity contribution in [2.75, 3.05) is 46.4 Å². The molecular weight excluding hydrogens is 492 g/mol. The average Bonchev–Trinajstić information content (AvgIpc) is 2.93. The van der Waals surface area contributed by atoms with Gasteiger partial charge in [-0.15, -0.1) is 0 Å². The average molecular weight is 535 g/mol. The van der Waals surface area contributed by atoms with Crippen molar-refractivity contribution in [2.24, 2.45) is 0 Å². The van der Waals surface area contributed by atoms with Gasteiger partial charge in [0.2, 0.25) is 11.8 Å². The van der Waals surface area contributed by atoms with Crippen LogP contribution in [-0.4, -0.2) is 87.8 Å². The van der Waals surface area contributed by atoms with Gasteiger partial charge in [-0.1, -0.05) is 0 Å². The molecule has 5 rings (SSSR count). The Labute approximate surface area is 232 Å². The maximum atomic E-state index is 13.2. The Hall–Kier alpha value is -3.04. The van der Waals surface area contributed by atoms with Gasteiger partial charge in [0.1, 0.15) is 5.75 Å². The van der Waals surface area contributed by atoms with Crippen molar-refractivity contribution in [3.05, 3.63) is 52.6 Å². The first-order chi connectivity index (χ1) is 18.9. The van der Waals surface area contributed by atoms with Gasteiger partial charge in [0, 0.05) is 64.5 Å². The van der Waals surface area contributed by atoms with Crippen LogP contribution in [0.4, 0.5) is 0 Å². The largest absolute Gasteiger partial charge is 0.497 e. The van der Waals surface area contributed by atoms with E-state index >= 15 is 0 Å². The monoisotopic (exact) mass is 534 g/mol. The number of pyridine rings is 2. The second-order valence-corrected chi connectivity index (χ2v) is 11.3. The predicted molar refractivity (Wildman–Crippen MR) is 149 cm³/mol. The molecule has 0 spiro atoms. The molecule has 0 radical (unpaired) electrons. The number of hydrogen-bond donors (Lipinski definition) is 0. The second-order valence-electron chi connectivity index (χ2n) is 11.3. The molecule has 5 heterocycles. The summed E-state index contributed by atoms with van der Waals surface area (Å²) in [6.45, 7) is 8.24. The number of aryl methyl sites for hydroxylation is 1. The van der Waals surface area contributed by atoms with Gasteiger partial charge < -0.3 is 14.5 Å². The van der Waals surface area contributed by atoms with E-state index in [4.69, 9.17) is 14.7 Å². The normalized spacial score (nSPS) is 19.2. The van der Waals surface area contributed by atoms with Crippen LogP contribution in [0.1, 0.15) is 66.9 Å². The summed E-state index contributed by atoms with van der Waals surface area (Å²) in [5, 5.41) is 0. The minimum absolute atomic E-state index is 0.167. The molecule has 0 aliphatic carbocycles. The third kappa shape index (κ3) is 7.54. The van der Waals surface area contributed by atoms with Crippen LogP contribution in [0.3, 0.4) is 0 Å². The summed E-state index contributed by atoms with van der Waals surface area (Å²) >= 11 is 0. The number of piperidine rings is 2. The van der Waals surface area contributed by atoms with Gasteiger partial charge >= 0.3 is 0 Å². The van der Waals surface area contributed by atoms with Crippen molar-refractivity contribution in [3.63, 3.8) is 0 Å². The number of carbonyl (C=O) groups excluding carboxylic acids is 2. The summed E-state index contributed by atoms with van der Waals surface area (Å²) in [5.41, 5.74) is 4.71. The van der Waals surface area contributed by atoms with E-state index in [1.165, 1.54) is 12.8 Å². The highest BCUT2D eigenvalue weighted by molar-refractivity contribution is 5.78. The number of methoxy groups -OCH3 is 1. The lowest BCUT2D eigenvalue weighted by molar-refractivity contribution is -0.134. The molecule has 0 saturated carbocycles. The number of likely N-dealkylation sites (tertiary alicyclic amines) is 2. The number of carbonyl (C=O) groups is 2. The number of fused-ring (bicyclic) bond motifs is 4. The molecule has 2 aromatic rings. The maximum Gasteiger partial charge on any atom is 0.236 e. The third-order valence-electron chi connectivity index (χ3n) is 7.89. The Morgan fingerprint density at radius 1 is 0.667 bits per heavy atom. The van der Waals surface area contributed by atoms with Crippen LogP contribution in [0.25, 0.3) is 0 Å². The van der Waals surface area contributed by atoms with Crippen LogP contribution in [0.2, 0.25) is 0 Å². The molecule has 0 atom stereocenters. The summed E-state index contributed by atoms with van der Waals surface area (Å²) in [5.74, 6) is 1.07. The van der Waals surface area contributed by atoms with Gasteiger partial charge in [-0.3, -0.25) is 29.4 Å². The number of ether oxygens (including phenoxy) is 1. The Morgan fingerprint density at radius 3 is 1.44 bits per heavy atom. The van der Waals surface area contributed by atoms with Gasteiger partial charge in [-0.2, -0.15) is 0 Å². The SMILES string of the molecule is COc1cc2nc(c1)CN(CC(=O)N1CCCCC1)Cc1cc(C)cc(n1)CN(CC(=O)N1CCCCC1)C2. The van der Waals surface area contributed by atoms with Gasteiger partial charge in [-0.05, 0) is 63.1 Å². The van der Waals surface area contributed by atoms with Crippen molar-refractivity contribution >= 4 is 11.8 Å². The number of rotatable bonds is 5. The molecule has 9 heteroatoms.